The molecule has 0 aliphatic carbocycles. The number of hydrogen-bond donors (Lipinski definition) is 2. The molecule has 100 valence electrons. The number of carbonyl (C=O) groups is 1. The van der Waals surface area contributed by atoms with Gasteiger partial charge in [-0.15, -0.1) is 0 Å². The molecule has 0 bridgehead atoms. The molecule has 1 fully saturated rings. The average molecular weight is 258 g/mol. The van der Waals surface area contributed by atoms with Crippen LogP contribution in [0.5, 0.6) is 0 Å². The van der Waals surface area contributed by atoms with Crippen LogP contribution in [0.4, 0.5) is 0 Å². The molecule has 1 heterocycles. The first-order chi connectivity index (χ1) is 7.97. The minimum atomic E-state index is -0.0367. The van der Waals surface area contributed by atoms with Crippen LogP contribution in [-0.2, 0) is 4.79 Å². The van der Waals surface area contributed by atoms with E-state index in [9.17, 15) is 4.79 Å². The summed E-state index contributed by atoms with van der Waals surface area (Å²) >= 11 is 1.87. The van der Waals surface area contributed by atoms with Crippen molar-refractivity contribution in [2.45, 2.75) is 52.6 Å². The summed E-state index contributed by atoms with van der Waals surface area (Å²) < 4.78 is 0. The zero-order valence-electron chi connectivity index (χ0n) is 11.5. The first-order valence-electron chi connectivity index (χ1n) is 6.59. The highest BCUT2D eigenvalue weighted by atomic mass is 32.2. The van der Waals surface area contributed by atoms with Gasteiger partial charge in [0.1, 0.15) is 0 Å². The monoisotopic (exact) mass is 258 g/mol. The Labute approximate surface area is 109 Å². The molecule has 1 amide bonds. The lowest BCUT2D eigenvalue weighted by Crippen LogP contribution is -2.57. The van der Waals surface area contributed by atoms with E-state index in [1.54, 1.807) is 0 Å². The molecule has 1 saturated heterocycles. The smallest absolute Gasteiger partial charge is 0.237 e. The molecule has 1 aliphatic heterocycles. The van der Waals surface area contributed by atoms with Crippen molar-refractivity contribution in [2.75, 3.05) is 18.1 Å². The van der Waals surface area contributed by atoms with E-state index in [1.807, 2.05) is 11.8 Å². The summed E-state index contributed by atoms with van der Waals surface area (Å²) in [7, 11) is 0. The predicted octanol–water partition coefficient (Wildman–Crippen LogP) is 2.02. The van der Waals surface area contributed by atoms with Crippen molar-refractivity contribution in [3.05, 3.63) is 0 Å². The van der Waals surface area contributed by atoms with Crippen LogP contribution in [0.3, 0.4) is 0 Å². The molecule has 0 saturated carbocycles. The van der Waals surface area contributed by atoms with E-state index in [4.69, 9.17) is 0 Å². The lowest BCUT2D eigenvalue weighted by molar-refractivity contribution is -0.127. The van der Waals surface area contributed by atoms with Gasteiger partial charge in [0.15, 0.2) is 0 Å². The number of amides is 1. The maximum absolute atomic E-state index is 12.2. The van der Waals surface area contributed by atoms with Crippen LogP contribution in [0.15, 0.2) is 0 Å². The number of hydrogen-bond acceptors (Lipinski definition) is 3. The third kappa shape index (κ3) is 4.51. The largest absolute Gasteiger partial charge is 0.351 e. The molecule has 3 nitrogen and oxygen atoms in total. The third-order valence-electron chi connectivity index (χ3n) is 3.35. The summed E-state index contributed by atoms with van der Waals surface area (Å²) in [5.41, 5.74) is 0.0694. The van der Waals surface area contributed by atoms with E-state index in [1.165, 1.54) is 0 Å². The SMILES string of the molecule is CCSCC(C)NC(=O)C1NCCCC1(C)C. The molecule has 0 radical (unpaired) electrons. The van der Waals surface area contributed by atoms with Gasteiger partial charge in [-0.2, -0.15) is 11.8 Å². The fourth-order valence-corrected chi connectivity index (χ4v) is 2.99. The zero-order chi connectivity index (χ0) is 12.9. The number of nitrogens with one attached hydrogen (secondary N) is 2. The molecule has 0 spiro atoms. The molecule has 2 unspecified atom stereocenters. The van der Waals surface area contributed by atoms with Crippen molar-refractivity contribution in [3.8, 4) is 0 Å². The van der Waals surface area contributed by atoms with Crippen molar-refractivity contribution in [2.24, 2.45) is 5.41 Å². The van der Waals surface area contributed by atoms with Crippen molar-refractivity contribution in [1.29, 1.82) is 0 Å². The van der Waals surface area contributed by atoms with Crippen molar-refractivity contribution in [1.82, 2.24) is 10.6 Å². The fourth-order valence-electron chi connectivity index (χ4n) is 2.32. The molecule has 0 aromatic carbocycles. The standard InChI is InChI=1S/C13H26N2OS/c1-5-17-9-10(2)15-12(16)11-13(3,4)7-6-8-14-11/h10-11,14H,5-9H2,1-4H3,(H,15,16). The van der Waals surface area contributed by atoms with Crippen LogP contribution < -0.4 is 10.6 Å². The Bertz CT molecular complexity index is 256. The summed E-state index contributed by atoms with van der Waals surface area (Å²) in [6.45, 7) is 9.53. The van der Waals surface area contributed by atoms with Crippen LogP contribution >= 0.6 is 11.8 Å². The minimum absolute atomic E-state index is 0.0367. The maximum atomic E-state index is 12.2. The number of piperidine rings is 1. The Balaban J connectivity index is 2.45. The van der Waals surface area contributed by atoms with Gasteiger partial charge >= 0.3 is 0 Å². The Morgan fingerprint density at radius 1 is 1.59 bits per heavy atom. The number of carbonyl (C=O) groups excluding carboxylic acids is 1. The van der Waals surface area contributed by atoms with E-state index in [-0.39, 0.29) is 23.4 Å². The van der Waals surface area contributed by atoms with Crippen LogP contribution in [0.1, 0.15) is 40.5 Å². The molecule has 0 aromatic rings. The van der Waals surface area contributed by atoms with Gasteiger partial charge in [-0.25, -0.2) is 0 Å². The molecule has 1 aliphatic rings. The molecular formula is C13H26N2OS. The van der Waals surface area contributed by atoms with Gasteiger partial charge < -0.3 is 10.6 Å². The summed E-state index contributed by atoms with van der Waals surface area (Å²) in [6, 6.07) is 0.220. The van der Waals surface area contributed by atoms with E-state index in [0.29, 0.717) is 0 Å². The minimum Gasteiger partial charge on any atom is -0.351 e. The van der Waals surface area contributed by atoms with Crippen LogP contribution in [-0.4, -0.2) is 36.0 Å². The highest BCUT2D eigenvalue weighted by Gasteiger charge is 2.37. The molecule has 0 aromatic heterocycles. The van der Waals surface area contributed by atoms with Gasteiger partial charge in [0, 0.05) is 11.8 Å². The normalized spacial score (nSPS) is 25.3. The first kappa shape index (κ1) is 14.8. The van der Waals surface area contributed by atoms with Crippen LogP contribution in [0.2, 0.25) is 0 Å². The highest BCUT2D eigenvalue weighted by molar-refractivity contribution is 7.99. The van der Waals surface area contributed by atoms with Crippen LogP contribution in [0, 0.1) is 5.41 Å². The van der Waals surface area contributed by atoms with E-state index < -0.39 is 0 Å². The molecule has 4 heteroatoms. The van der Waals surface area contributed by atoms with Gasteiger partial charge in [-0.05, 0) is 37.5 Å². The second-order valence-corrected chi connectivity index (χ2v) is 6.87. The van der Waals surface area contributed by atoms with Gasteiger partial charge in [0.05, 0.1) is 6.04 Å². The number of rotatable bonds is 5. The second kappa shape index (κ2) is 6.64. The summed E-state index contributed by atoms with van der Waals surface area (Å²) in [4.78, 5) is 12.2. The van der Waals surface area contributed by atoms with Gasteiger partial charge in [-0.3, -0.25) is 4.79 Å². The van der Waals surface area contributed by atoms with Gasteiger partial charge in [-0.1, -0.05) is 20.8 Å². The van der Waals surface area contributed by atoms with Crippen molar-refractivity contribution in [3.63, 3.8) is 0 Å². The predicted molar refractivity (Wildman–Crippen MR) is 75.4 cm³/mol. The lowest BCUT2D eigenvalue weighted by atomic mass is 9.77. The average Bonchev–Trinajstić information content (AvgIpc) is 2.25. The van der Waals surface area contributed by atoms with Crippen molar-refractivity contribution >= 4 is 17.7 Å². The van der Waals surface area contributed by atoms with E-state index >= 15 is 0 Å². The summed E-state index contributed by atoms with van der Waals surface area (Å²) in [5.74, 6) is 2.27. The van der Waals surface area contributed by atoms with Gasteiger partial charge in [0.2, 0.25) is 5.91 Å². The molecular weight excluding hydrogens is 232 g/mol. The lowest BCUT2D eigenvalue weighted by Gasteiger charge is -2.38. The highest BCUT2D eigenvalue weighted by Crippen LogP contribution is 2.30. The van der Waals surface area contributed by atoms with E-state index in [0.717, 1.165) is 30.9 Å². The Morgan fingerprint density at radius 3 is 2.88 bits per heavy atom. The maximum Gasteiger partial charge on any atom is 0.237 e. The first-order valence-corrected chi connectivity index (χ1v) is 7.74. The number of thioether (sulfide) groups is 1. The molecule has 2 N–H and O–H groups in total. The van der Waals surface area contributed by atoms with Crippen molar-refractivity contribution < 1.29 is 4.79 Å². The molecule has 17 heavy (non-hydrogen) atoms. The van der Waals surface area contributed by atoms with Crippen LogP contribution in [0.25, 0.3) is 0 Å². The Morgan fingerprint density at radius 2 is 2.29 bits per heavy atom. The quantitative estimate of drug-likeness (QED) is 0.793. The Kier molecular flexibility index (Phi) is 5.80. The zero-order valence-corrected chi connectivity index (χ0v) is 12.3. The van der Waals surface area contributed by atoms with E-state index in [2.05, 4.69) is 38.3 Å². The summed E-state index contributed by atoms with van der Waals surface area (Å²) in [6.07, 6.45) is 2.29. The molecule has 2 atom stereocenters. The van der Waals surface area contributed by atoms with Gasteiger partial charge in [0.25, 0.3) is 0 Å². The topological polar surface area (TPSA) is 41.1 Å². The third-order valence-corrected chi connectivity index (χ3v) is 4.49. The fraction of sp³-hybridized carbons (Fsp3) is 0.923. The second-order valence-electron chi connectivity index (χ2n) is 5.55. The Hall–Kier alpha value is -0.220. The molecule has 1 rings (SSSR count). The summed E-state index contributed by atoms with van der Waals surface area (Å²) in [5, 5.41) is 6.47.